The molecule has 1 fully saturated rings. The van der Waals surface area contributed by atoms with Crippen LogP contribution in [0, 0.1) is 28.9 Å². The summed E-state index contributed by atoms with van der Waals surface area (Å²) in [5.74, 6) is -2.24. The van der Waals surface area contributed by atoms with Crippen LogP contribution in [0.1, 0.15) is 19.3 Å². The number of hydrogen-bond acceptors (Lipinski definition) is 3. The number of carbonyl (C=O) groups is 1. The lowest BCUT2D eigenvalue weighted by molar-refractivity contribution is -0.121. The van der Waals surface area contributed by atoms with E-state index in [4.69, 9.17) is 5.26 Å². The number of likely N-dealkylation sites (tertiary alicyclic amines) is 1. The average molecular weight is 293 g/mol. The first-order valence-electron chi connectivity index (χ1n) is 6.96. The summed E-state index contributed by atoms with van der Waals surface area (Å²) in [5.41, 5.74) is -0.392. The van der Waals surface area contributed by atoms with E-state index in [9.17, 15) is 13.6 Å². The molecule has 0 aromatic heterocycles. The fourth-order valence-corrected chi connectivity index (χ4v) is 2.52. The van der Waals surface area contributed by atoms with Crippen molar-refractivity contribution in [2.24, 2.45) is 5.92 Å². The molecule has 2 rings (SSSR count). The Morgan fingerprint density at radius 3 is 2.81 bits per heavy atom. The normalized spacial score (nSPS) is 19.0. The third-order valence-electron chi connectivity index (χ3n) is 3.63. The number of rotatable bonds is 4. The number of nitrogens with zero attached hydrogens (tertiary/aromatic N) is 2. The Labute approximate surface area is 122 Å². The Balaban J connectivity index is 1.98. The van der Waals surface area contributed by atoms with Crippen molar-refractivity contribution in [1.29, 1.82) is 5.26 Å². The van der Waals surface area contributed by atoms with E-state index >= 15 is 0 Å². The van der Waals surface area contributed by atoms with Crippen LogP contribution < -0.4 is 5.32 Å². The summed E-state index contributed by atoms with van der Waals surface area (Å²) in [6.45, 7) is 1.98. The largest absolute Gasteiger partial charge is 0.321 e. The number of carbonyl (C=O) groups excluding carboxylic acids is 1. The van der Waals surface area contributed by atoms with Gasteiger partial charge < -0.3 is 10.2 Å². The van der Waals surface area contributed by atoms with Crippen LogP contribution in [-0.2, 0) is 4.79 Å². The third-order valence-corrected chi connectivity index (χ3v) is 3.63. The fraction of sp³-hybridized carbons (Fsp3) is 0.467. The average Bonchev–Trinajstić information content (AvgIpc) is 2.49. The zero-order valence-electron chi connectivity index (χ0n) is 11.6. The number of hydrogen-bond donors (Lipinski definition) is 1. The van der Waals surface area contributed by atoms with Crippen LogP contribution in [0.5, 0.6) is 0 Å². The van der Waals surface area contributed by atoms with Crippen LogP contribution in [0.15, 0.2) is 18.2 Å². The van der Waals surface area contributed by atoms with Crippen molar-refractivity contribution >= 4 is 11.6 Å². The van der Waals surface area contributed by atoms with E-state index in [0.717, 1.165) is 25.1 Å². The van der Waals surface area contributed by atoms with Gasteiger partial charge in [0.05, 0.1) is 12.0 Å². The molecule has 21 heavy (non-hydrogen) atoms. The lowest BCUT2D eigenvalue weighted by Crippen LogP contribution is -2.41. The molecule has 6 heteroatoms. The monoisotopic (exact) mass is 293 g/mol. The van der Waals surface area contributed by atoms with Gasteiger partial charge in [0.15, 0.2) is 0 Å². The molecular weight excluding hydrogens is 276 g/mol. The Morgan fingerprint density at radius 1 is 1.43 bits per heavy atom. The second-order valence-electron chi connectivity index (χ2n) is 5.13. The Hall–Kier alpha value is -2.00. The maximum absolute atomic E-state index is 13.5. The first kappa shape index (κ1) is 15.4. The van der Waals surface area contributed by atoms with Crippen molar-refractivity contribution in [3.05, 3.63) is 29.8 Å². The van der Waals surface area contributed by atoms with Crippen LogP contribution in [-0.4, -0.2) is 30.4 Å². The van der Waals surface area contributed by atoms with Crippen LogP contribution >= 0.6 is 0 Å². The standard InChI is InChI=1S/C15H17F2N3O/c16-12-5-1-6-13(17)14(12)19-15(21)11-4-2-8-20(10-11)9-3-7-18/h1,5-6,11H,2-4,8-10H2,(H,19,21). The summed E-state index contributed by atoms with van der Waals surface area (Å²) in [6, 6.07) is 5.55. The summed E-state index contributed by atoms with van der Waals surface area (Å²) >= 11 is 0. The molecule has 1 N–H and O–H groups in total. The van der Waals surface area contributed by atoms with E-state index in [1.165, 1.54) is 6.07 Å². The molecule has 1 atom stereocenters. The second kappa shape index (κ2) is 7.14. The highest BCUT2D eigenvalue weighted by Gasteiger charge is 2.26. The lowest BCUT2D eigenvalue weighted by atomic mass is 9.97. The molecule has 1 aliphatic heterocycles. The Bertz CT molecular complexity index is 536. The number of benzene rings is 1. The molecule has 1 heterocycles. The quantitative estimate of drug-likeness (QED) is 0.928. The van der Waals surface area contributed by atoms with E-state index in [1.54, 1.807) is 0 Å². The van der Waals surface area contributed by atoms with Crippen molar-refractivity contribution < 1.29 is 13.6 Å². The molecule has 1 amide bonds. The molecule has 112 valence electrons. The smallest absolute Gasteiger partial charge is 0.228 e. The highest BCUT2D eigenvalue weighted by molar-refractivity contribution is 5.93. The third kappa shape index (κ3) is 3.99. The van der Waals surface area contributed by atoms with Crippen LogP contribution in [0.3, 0.4) is 0 Å². The molecule has 0 saturated carbocycles. The number of anilines is 1. The minimum atomic E-state index is -0.777. The summed E-state index contributed by atoms with van der Waals surface area (Å²) in [5, 5.41) is 10.9. The number of piperidine rings is 1. The number of nitriles is 1. The van der Waals surface area contributed by atoms with Gasteiger partial charge in [-0.25, -0.2) is 8.78 Å². The van der Waals surface area contributed by atoms with E-state index in [-0.39, 0.29) is 11.8 Å². The number of amides is 1. The summed E-state index contributed by atoms with van der Waals surface area (Å²) in [6.07, 6.45) is 1.94. The van der Waals surface area contributed by atoms with Gasteiger partial charge in [-0.3, -0.25) is 4.79 Å². The molecular formula is C15H17F2N3O. The summed E-state index contributed by atoms with van der Waals surface area (Å²) in [4.78, 5) is 14.2. The molecule has 1 saturated heterocycles. The van der Waals surface area contributed by atoms with E-state index in [0.29, 0.717) is 25.9 Å². The number of nitrogens with one attached hydrogen (secondary N) is 1. The Morgan fingerprint density at radius 2 is 2.14 bits per heavy atom. The predicted molar refractivity (Wildman–Crippen MR) is 74.4 cm³/mol. The van der Waals surface area contributed by atoms with E-state index in [1.807, 2.05) is 4.90 Å². The van der Waals surface area contributed by atoms with Crippen molar-refractivity contribution in [2.45, 2.75) is 19.3 Å². The zero-order valence-corrected chi connectivity index (χ0v) is 11.6. The molecule has 0 bridgehead atoms. The van der Waals surface area contributed by atoms with E-state index in [2.05, 4.69) is 11.4 Å². The molecule has 0 spiro atoms. The van der Waals surface area contributed by atoms with Gasteiger partial charge in [0.1, 0.15) is 17.3 Å². The molecule has 1 unspecified atom stereocenters. The van der Waals surface area contributed by atoms with Gasteiger partial charge in [-0.05, 0) is 31.5 Å². The molecule has 0 radical (unpaired) electrons. The minimum absolute atomic E-state index is 0.309. The second-order valence-corrected chi connectivity index (χ2v) is 5.13. The maximum atomic E-state index is 13.5. The van der Waals surface area contributed by atoms with Crippen molar-refractivity contribution in [3.8, 4) is 6.07 Å². The molecule has 4 nitrogen and oxygen atoms in total. The van der Waals surface area contributed by atoms with Crippen molar-refractivity contribution in [3.63, 3.8) is 0 Å². The lowest BCUT2D eigenvalue weighted by Gasteiger charge is -2.31. The van der Waals surface area contributed by atoms with Crippen LogP contribution in [0.4, 0.5) is 14.5 Å². The molecule has 1 aromatic rings. The molecule has 1 aliphatic rings. The SMILES string of the molecule is N#CCCN1CCCC(C(=O)Nc2c(F)cccc2F)C1. The van der Waals surface area contributed by atoms with E-state index < -0.39 is 17.3 Å². The highest BCUT2D eigenvalue weighted by atomic mass is 19.1. The molecule has 0 aliphatic carbocycles. The van der Waals surface area contributed by atoms with Gasteiger partial charge in [-0.15, -0.1) is 0 Å². The van der Waals surface area contributed by atoms with Gasteiger partial charge in [0.25, 0.3) is 0 Å². The van der Waals surface area contributed by atoms with Crippen LogP contribution in [0.2, 0.25) is 0 Å². The Kier molecular flexibility index (Phi) is 5.23. The van der Waals surface area contributed by atoms with Gasteiger partial charge in [-0.1, -0.05) is 6.07 Å². The van der Waals surface area contributed by atoms with Gasteiger partial charge >= 0.3 is 0 Å². The highest BCUT2D eigenvalue weighted by Crippen LogP contribution is 2.22. The fourth-order valence-electron chi connectivity index (χ4n) is 2.52. The number of para-hydroxylation sites is 1. The molecule has 1 aromatic carbocycles. The first-order valence-corrected chi connectivity index (χ1v) is 6.96. The van der Waals surface area contributed by atoms with Crippen molar-refractivity contribution in [1.82, 2.24) is 4.90 Å². The van der Waals surface area contributed by atoms with Crippen molar-refractivity contribution in [2.75, 3.05) is 25.0 Å². The van der Waals surface area contributed by atoms with Crippen LogP contribution in [0.25, 0.3) is 0 Å². The minimum Gasteiger partial charge on any atom is -0.321 e. The zero-order chi connectivity index (χ0) is 15.2. The first-order chi connectivity index (χ1) is 10.1. The van der Waals surface area contributed by atoms with Gasteiger partial charge in [-0.2, -0.15) is 5.26 Å². The van der Waals surface area contributed by atoms with Gasteiger partial charge in [0.2, 0.25) is 5.91 Å². The van der Waals surface area contributed by atoms with Gasteiger partial charge in [0, 0.05) is 19.5 Å². The maximum Gasteiger partial charge on any atom is 0.228 e. The predicted octanol–water partition coefficient (Wildman–Crippen LogP) is 2.53. The summed E-state index contributed by atoms with van der Waals surface area (Å²) in [7, 11) is 0. The number of halogens is 2. The summed E-state index contributed by atoms with van der Waals surface area (Å²) < 4.78 is 27.0. The topological polar surface area (TPSA) is 56.1 Å².